The highest BCUT2D eigenvalue weighted by molar-refractivity contribution is 5.95. The molecular formula is C13H19N3O2. The average Bonchev–Trinajstić information content (AvgIpc) is 2.27. The van der Waals surface area contributed by atoms with E-state index >= 15 is 0 Å². The molecule has 1 fully saturated rings. The van der Waals surface area contributed by atoms with Gasteiger partial charge in [-0.3, -0.25) is 4.79 Å². The molecule has 98 valence electrons. The number of hydrogen-bond acceptors (Lipinski definition) is 4. The fourth-order valence-electron chi connectivity index (χ4n) is 2.22. The van der Waals surface area contributed by atoms with Gasteiger partial charge in [0.25, 0.3) is 5.91 Å². The molecule has 0 aromatic carbocycles. The van der Waals surface area contributed by atoms with Gasteiger partial charge in [-0.1, -0.05) is 0 Å². The Kier molecular flexibility index (Phi) is 3.81. The Morgan fingerprint density at radius 2 is 2.33 bits per heavy atom. The number of aromatic nitrogens is 1. The number of nitrogens with zero attached hydrogens (tertiary/aromatic N) is 1. The number of nitrogens with two attached hydrogens (primary N) is 1. The summed E-state index contributed by atoms with van der Waals surface area (Å²) >= 11 is 0. The highest BCUT2D eigenvalue weighted by Gasteiger charge is 2.21. The summed E-state index contributed by atoms with van der Waals surface area (Å²) in [7, 11) is 0. The Balaban J connectivity index is 2.02. The molecule has 1 aliphatic heterocycles. The first kappa shape index (κ1) is 12.8. The van der Waals surface area contributed by atoms with Gasteiger partial charge in [-0.15, -0.1) is 0 Å². The maximum Gasteiger partial charge on any atom is 0.251 e. The summed E-state index contributed by atoms with van der Waals surface area (Å²) in [5, 5.41) is 3.02. The predicted octanol–water partition coefficient (Wildman–Crippen LogP) is 1.27. The third-order valence-corrected chi connectivity index (χ3v) is 3.06. The number of rotatable bonds is 2. The SMILES string of the molecule is Cc1cc(C(=O)NC2CCOC(C)C2)cc(N)n1. The summed E-state index contributed by atoms with van der Waals surface area (Å²) in [5.74, 6) is 0.284. The summed E-state index contributed by atoms with van der Waals surface area (Å²) in [5.41, 5.74) is 6.96. The van der Waals surface area contributed by atoms with Crippen LogP contribution < -0.4 is 11.1 Å². The molecule has 2 rings (SSSR count). The van der Waals surface area contributed by atoms with Gasteiger partial charge in [0.05, 0.1) is 6.10 Å². The Labute approximate surface area is 107 Å². The number of nitrogen functional groups attached to an aromatic ring is 1. The molecule has 1 saturated heterocycles. The minimum atomic E-state index is -0.0914. The fourth-order valence-corrected chi connectivity index (χ4v) is 2.22. The van der Waals surface area contributed by atoms with E-state index in [1.807, 2.05) is 13.8 Å². The van der Waals surface area contributed by atoms with E-state index in [2.05, 4.69) is 10.3 Å². The van der Waals surface area contributed by atoms with E-state index in [4.69, 9.17) is 10.5 Å². The van der Waals surface area contributed by atoms with Crippen molar-refractivity contribution in [2.75, 3.05) is 12.3 Å². The molecule has 0 radical (unpaired) electrons. The van der Waals surface area contributed by atoms with Crippen LogP contribution in [-0.2, 0) is 4.74 Å². The minimum Gasteiger partial charge on any atom is -0.384 e. The number of carbonyl (C=O) groups excluding carboxylic acids is 1. The average molecular weight is 249 g/mol. The molecule has 0 bridgehead atoms. The van der Waals surface area contributed by atoms with Crippen LogP contribution in [0.15, 0.2) is 12.1 Å². The van der Waals surface area contributed by atoms with Crippen LogP contribution in [0.3, 0.4) is 0 Å². The lowest BCUT2D eigenvalue weighted by Crippen LogP contribution is -2.41. The van der Waals surface area contributed by atoms with Gasteiger partial charge in [-0.05, 0) is 38.8 Å². The van der Waals surface area contributed by atoms with Crippen molar-refractivity contribution in [2.24, 2.45) is 0 Å². The monoisotopic (exact) mass is 249 g/mol. The van der Waals surface area contributed by atoms with E-state index in [1.165, 1.54) is 0 Å². The van der Waals surface area contributed by atoms with Crippen molar-refractivity contribution >= 4 is 11.7 Å². The highest BCUT2D eigenvalue weighted by Crippen LogP contribution is 2.14. The van der Waals surface area contributed by atoms with Gasteiger partial charge in [0, 0.05) is 23.9 Å². The molecule has 0 aliphatic carbocycles. The zero-order chi connectivity index (χ0) is 13.1. The number of pyridine rings is 1. The van der Waals surface area contributed by atoms with E-state index in [0.29, 0.717) is 18.0 Å². The molecule has 5 heteroatoms. The molecule has 18 heavy (non-hydrogen) atoms. The number of hydrogen-bond donors (Lipinski definition) is 2. The smallest absolute Gasteiger partial charge is 0.251 e. The maximum absolute atomic E-state index is 12.1. The number of ether oxygens (including phenoxy) is 1. The minimum absolute atomic E-state index is 0.0914. The molecule has 2 unspecified atom stereocenters. The predicted molar refractivity (Wildman–Crippen MR) is 69.3 cm³/mol. The lowest BCUT2D eigenvalue weighted by Gasteiger charge is -2.28. The van der Waals surface area contributed by atoms with Crippen molar-refractivity contribution in [2.45, 2.75) is 38.8 Å². The molecule has 5 nitrogen and oxygen atoms in total. The first-order chi connectivity index (χ1) is 8.54. The number of anilines is 1. The van der Waals surface area contributed by atoms with Gasteiger partial charge < -0.3 is 15.8 Å². The molecule has 1 aromatic rings. The Hall–Kier alpha value is -1.62. The van der Waals surface area contributed by atoms with Gasteiger partial charge in [-0.2, -0.15) is 0 Å². The summed E-state index contributed by atoms with van der Waals surface area (Å²) in [6.45, 7) is 4.54. The summed E-state index contributed by atoms with van der Waals surface area (Å²) in [6, 6.07) is 3.52. The maximum atomic E-state index is 12.1. The first-order valence-electron chi connectivity index (χ1n) is 6.21. The van der Waals surface area contributed by atoms with Crippen LogP contribution in [0.5, 0.6) is 0 Å². The quantitative estimate of drug-likeness (QED) is 0.827. The lowest BCUT2D eigenvalue weighted by atomic mass is 10.0. The number of nitrogens with one attached hydrogen (secondary N) is 1. The number of carbonyl (C=O) groups is 1. The lowest BCUT2D eigenvalue weighted by molar-refractivity contribution is 0.0136. The molecule has 1 aliphatic rings. The van der Waals surface area contributed by atoms with Crippen LogP contribution in [0.25, 0.3) is 0 Å². The largest absolute Gasteiger partial charge is 0.384 e. The summed E-state index contributed by atoms with van der Waals surface area (Å²) in [6.07, 6.45) is 1.91. The molecule has 2 heterocycles. The van der Waals surface area contributed by atoms with Crippen LogP contribution in [-0.4, -0.2) is 29.6 Å². The van der Waals surface area contributed by atoms with Crippen LogP contribution in [0.2, 0.25) is 0 Å². The Bertz CT molecular complexity index is 428. The van der Waals surface area contributed by atoms with Crippen molar-refractivity contribution < 1.29 is 9.53 Å². The first-order valence-corrected chi connectivity index (χ1v) is 6.21. The molecule has 3 N–H and O–H groups in total. The molecule has 0 spiro atoms. The van der Waals surface area contributed by atoms with E-state index in [-0.39, 0.29) is 18.1 Å². The molecular weight excluding hydrogens is 230 g/mol. The van der Waals surface area contributed by atoms with Gasteiger partial charge in [-0.25, -0.2) is 4.98 Å². The Morgan fingerprint density at radius 1 is 1.56 bits per heavy atom. The third-order valence-electron chi connectivity index (χ3n) is 3.06. The second-order valence-corrected chi connectivity index (χ2v) is 4.80. The van der Waals surface area contributed by atoms with Crippen LogP contribution >= 0.6 is 0 Å². The van der Waals surface area contributed by atoms with E-state index in [9.17, 15) is 4.79 Å². The van der Waals surface area contributed by atoms with Crippen molar-refractivity contribution in [3.05, 3.63) is 23.4 Å². The van der Waals surface area contributed by atoms with Gasteiger partial charge in [0.15, 0.2) is 0 Å². The normalized spacial score (nSPS) is 23.7. The van der Waals surface area contributed by atoms with Crippen LogP contribution in [0, 0.1) is 6.92 Å². The topological polar surface area (TPSA) is 77.2 Å². The third kappa shape index (κ3) is 3.20. The number of amides is 1. The summed E-state index contributed by atoms with van der Waals surface area (Å²) in [4.78, 5) is 16.1. The zero-order valence-electron chi connectivity index (χ0n) is 10.8. The van der Waals surface area contributed by atoms with Crippen molar-refractivity contribution in [3.8, 4) is 0 Å². The van der Waals surface area contributed by atoms with Crippen molar-refractivity contribution in [3.63, 3.8) is 0 Å². The van der Waals surface area contributed by atoms with Gasteiger partial charge in [0.1, 0.15) is 5.82 Å². The van der Waals surface area contributed by atoms with Gasteiger partial charge >= 0.3 is 0 Å². The van der Waals surface area contributed by atoms with Crippen molar-refractivity contribution in [1.29, 1.82) is 0 Å². The van der Waals surface area contributed by atoms with E-state index in [1.54, 1.807) is 12.1 Å². The Morgan fingerprint density at radius 3 is 3.00 bits per heavy atom. The second-order valence-electron chi connectivity index (χ2n) is 4.80. The second kappa shape index (κ2) is 5.35. The fraction of sp³-hybridized carbons (Fsp3) is 0.538. The van der Waals surface area contributed by atoms with E-state index < -0.39 is 0 Å². The molecule has 1 amide bonds. The van der Waals surface area contributed by atoms with E-state index in [0.717, 1.165) is 18.5 Å². The molecule has 0 saturated carbocycles. The molecule has 1 aromatic heterocycles. The van der Waals surface area contributed by atoms with Gasteiger partial charge in [0.2, 0.25) is 0 Å². The van der Waals surface area contributed by atoms with Crippen LogP contribution in [0.4, 0.5) is 5.82 Å². The summed E-state index contributed by atoms with van der Waals surface area (Å²) < 4.78 is 5.45. The standard InChI is InChI=1S/C13H19N3O2/c1-8-5-10(7-12(14)15-8)13(17)16-11-3-4-18-9(2)6-11/h5,7,9,11H,3-4,6H2,1-2H3,(H2,14,15)(H,16,17). The van der Waals surface area contributed by atoms with Crippen LogP contribution in [0.1, 0.15) is 35.8 Å². The highest BCUT2D eigenvalue weighted by atomic mass is 16.5. The molecule has 2 atom stereocenters. The van der Waals surface area contributed by atoms with Crippen molar-refractivity contribution in [1.82, 2.24) is 10.3 Å². The zero-order valence-corrected chi connectivity index (χ0v) is 10.8. The number of aryl methyl sites for hydroxylation is 1.